The third-order valence-electron chi connectivity index (χ3n) is 2.05. The fourth-order valence-electron chi connectivity index (χ4n) is 1.20. The number of hydrogen-bond donors (Lipinski definition) is 2. The lowest BCUT2D eigenvalue weighted by molar-refractivity contribution is -0.380. The van der Waals surface area contributed by atoms with Crippen LogP contribution in [0.5, 0.6) is 0 Å². The van der Waals surface area contributed by atoms with Crippen LogP contribution in [0.4, 0.5) is 10.1 Å². The second-order valence-corrected chi connectivity index (χ2v) is 5.00. The molecule has 6 nitrogen and oxygen atoms in total. The molecule has 1 unspecified atom stereocenters. The molecule has 0 spiro atoms. The molecule has 2 rings (SSSR count). The van der Waals surface area contributed by atoms with Gasteiger partial charge in [-0.3, -0.25) is 10.1 Å². The van der Waals surface area contributed by atoms with Crippen LogP contribution in [0.15, 0.2) is 23.0 Å². The Hall–Kier alpha value is -1.51. The van der Waals surface area contributed by atoms with Gasteiger partial charge < -0.3 is 10.4 Å². The summed E-state index contributed by atoms with van der Waals surface area (Å²) < 4.78 is 0. The van der Waals surface area contributed by atoms with Gasteiger partial charge in [-0.25, -0.2) is 4.98 Å². The first-order valence-corrected chi connectivity index (χ1v) is 6.47. The maximum absolute atomic E-state index is 10.4. The van der Waals surface area contributed by atoms with E-state index >= 15 is 0 Å². The number of nitrogens with zero attached hydrogens (tertiary/aromatic N) is 2. The van der Waals surface area contributed by atoms with Crippen molar-refractivity contribution in [2.75, 3.05) is 11.9 Å². The topological polar surface area (TPSA) is 88.3 Å². The van der Waals surface area contributed by atoms with Crippen molar-refractivity contribution >= 4 is 32.8 Å². The SMILES string of the molecule is O=[N+]([O-])c1cnc(NCC(O)c2ccsc2)s1. The number of aromatic nitrogens is 1. The standard InChI is InChI=1S/C9H9N3O3S2/c13-7(6-1-2-16-5-6)3-10-9-11-4-8(17-9)12(14)15/h1-2,4-5,7,13H,3H2,(H,10,11). The molecule has 17 heavy (non-hydrogen) atoms. The van der Waals surface area contributed by atoms with Crippen LogP contribution < -0.4 is 5.32 Å². The lowest BCUT2D eigenvalue weighted by Crippen LogP contribution is -2.11. The van der Waals surface area contributed by atoms with Crippen LogP contribution in [-0.4, -0.2) is 21.6 Å². The quantitative estimate of drug-likeness (QED) is 0.643. The Balaban J connectivity index is 1.91. The summed E-state index contributed by atoms with van der Waals surface area (Å²) in [6.07, 6.45) is 0.563. The first-order chi connectivity index (χ1) is 8.16. The number of aliphatic hydroxyl groups is 1. The summed E-state index contributed by atoms with van der Waals surface area (Å²) in [5.74, 6) is 0. The van der Waals surface area contributed by atoms with Gasteiger partial charge in [0, 0.05) is 6.54 Å². The molecule has 0 saturated heterocycles. The van der Waals surface area contributed by atoms with Gasteiger partial charge >= 0.3 is 5.00 Å². The molecule has 2 heterocycles. The third-order valence-corrected chi connectivity index (χ3v) is 3.66. The Morgan fingerprint density at radius 1 is 1.65 bits per heavy atom. The van der Waals surface area contributed by atoms with Crippen LogP contribution in [-0.2, 0) is 0 Å². The molecular formula is C9H9N3O3S2. The number of thiophene rings is 1. The second kappa shape index (κ2) is 5.21. The molecule has 2 aromatic heterocycles. The van der Waals surface area contributed by atoms with Gasteiger partial charge in [-0.05, 0) is 33.7 Å². The van der Waals surface area contributed by atoms with E-state index in [1.807, 2.05) is 16.8 Å². The minimum absolute atomic E-state index is 0.0162. The highest BCUT2D eigenvalue weighted by molar-refractivity contribution is 7.18. The van der Waals surface area contributed by atoms with Crippen molar-refractivity contribution in [2.45, 2.75) is 6.10 Å². The fraction of sp³-hybridized carbons (Fsp3) is 0.222. The van der Waals surface area contributed by atoms with Gasteiger partial charge in [0.1, 0.15) is 6.20 Å². The smallest absolute Gasteiger partial charge is 0.345 e. The van der Waals surface area contributed by atoms with Crippen molar-refractivity contribution in [3.8, 4) is 0 Å². The number of hydrogen-bond acceptors (Lipinski definition) is 7. The van der Waals surface area contributed by atoms with E-state index in [2.05, 4.69) is 10.3 Å². The van der Waals surface area contributed by atoms with Crippen molar-refractivity contribution in [1.82, 2.24) is 4.98 Å². The third kappa shape index (κ3) is 2.99. The van der Waals surface area contributed by atoms with Crippen LogP contribution in [0.25, 0.3) is 0 Å². The zero-order valence-corrected chi connectivity index (χ0v) is 10.2. The van der Waals surface area contributed by atoms with Crippen molar-refractivity contribution in [2.24, 2.45) is 0 Å². The Morgan fingerprint density at radius 3 is 3.06 bits per heavy atom. The van der Waals surface area contributed by atoms with Gasteiger partial charge in [0.25, 0.3) is 0 Å². The molecule has 0 radical (unpaired) electrons. The number of aliphatic hydroxyl groups excluding tert-OH is 1. The lowest BCUT2D eigenvalue weighted by Gasteiger charge is -2.08. The van der Waals surface area contributed by atoms with Crippen molar-refractivity contribution < 1.29 is 10.0 Å². The van der Waals surface area contributed by atoms with Gasteiger partial charge in [-0.15, -0.1) is 0 Å². The van der Waals surface area contributed by atoms with Crippen molar-refractivity contribution in [1.29, 1.82) is 0 Å². The molecule has 0 saturated carbocycles. The second-order valence-electron chi connectivity index (χ2n) is 3.21. The highest BCUT2D eigenvalue weighted by Gasteiger charge is 2.13. The van der Waals surface area contributed by atoms with Crippen LogP contribution in [0.3, 0.4) is 0 Å². The zero-order valence-electron chi connectivity index (χ0n) is 8.57. The summed E-state index contributed by atoms with van der Waals surface area (Å²) in [6, 6.07) is 1.83. The number of nitro groups is 1. The van der Waals surface area contributed by atoms with E-state index in [1.165, 1.54) is 17.5 Å². The largest absolute Gasteiger partial charge is 0.387 e. The predicted octanol–water partition coefficient (Wildman–Crippen LogP) is 2.26. The summed E-state index contributed by atoms with van der Waals surface area (Å²) in [6.45, 7) is 0.279. The molecule has 0 aliphatic heterocycles. The van der Waals surface area contributed by atoms with Crippen LogP contribution in [0.1, 0.15) is 11.7 Å². The molecule has 1 atom stereocenters. The van der Waals surface area contributed by atoms with E-state index in [0.29, 0.717) is 5.13 Å². The maximum Gasteiger partial charge on any atom is 0.345 e. The van der Waals surface area contributed by atoms with E-state index in [9.17, 15) is 15.2 Å². The number of anilines is 1. The molecule has 8 heteroatoms. The van der Waals surface area contributed by atoms with Crippen LogP contribution >= 0.6 is 22.7 Å². The molecule has 0 aliphatic carbocycles. The Labute approximate surface area is 105 Å². The Kier molecular flexibility index (Phi) is 3.67. The monoisotopic (exact) mass is 271 g/mol. The van der Waals surface area contributed by atoms with Crippen LogP contribution in [0.2, 0.25) is 0 Å². The van der Waals surface area contributed by atoms with E-state index in [-0.39, 0.29) is 11.5 Å². The average molecular weight is 271 g/mol. The highest BCUT2D eigenvalue weighted by Crippen LogP contribution is 2.25. The van der Waals surface area contributed by atoms with Crippen molar-refractivity contribution in [3.63, 3.8) is 0 Å². The minimum Gasteiger partial charge on any atom is -0.387 e. The van der Waals surface area contributed by atoms with E-state index in [0.717, 1.165) is 16.9 Å². The van der Waals surface area contributed by atoms with Gasteiger partial charge in [0.2, 0.25) is 0 Å². The molecular weight excluding hydrogens is 262 g/mol. The molecule has 2 N–H and O–H groups in total. The molecule has 0 bridgehead atoms. The normalized spacial score (nSPS) is 12.3. The van der Waals surface area contributed by atoms with Gasteiger partial charge in [0.15, 0.2) is 5.13 Å². The fourth-order valence-corrected chi connectivity index (χ4v) is 2.54. The minimum atomic E-state index is -0.635. The molecule has 2 aromatic rings. The highest BCUT2D eigenvalue weighted by atomic mass is 32.1. The molecule has 0 amide bonds. The Morgan fingerprint density at radius 2 is 2.47 bits per heavy atom. The summed E-state index contributed by atoms with van der Waals surface area (Å²) in [7, 11) is 0. The number of thiazole rings is 1. The zero-order chi connectivity index (χ0) is 12.3. The van der Waals surface area contributed by atoms with Crippen molar-refractivity contribution in [3.05, 3.63) is 38.7 Å². The molecule has 0 aliphatic rings. The summed E-state index contributed by atoms with van der Waals surface area (Å²) >= 11 is 2.46. The Bertz CT molecular complexity index is 497. The van der Waals surface area contributed by atoms with Gasteiger partial charge in [0.05, 0.1) is 11.0 Å². The predicted molar refractivity (Wildman–Crippen MR) is 66.5 cm³/mol. The average Bonchev–Trinajstić information content (AvgIpc) is 2.97. The molecule has 0 fully saturated rings. The van der Waals surface area contributed by atoms with Crippen LogP contribution in [0, 0.1) is 10.1 Å². The summed E-state index contributed by atoms with van der Waals surface area (Å²) in [4.78, 5) is 13.8. The lowest BCUT2D eigenvalue weighted by atomic mass is 10.2. The molecule has 0 aromatic carbocycles. The van der Waals surface area contributed by atoms with E-state index < -0.39 is 11.0 Å². The first kappa shape index (κ1) is 12.0. The van der Waals surface area contributed by atoms with E-state index in [1.54, 1.807) is 0 Å². The molecule has 90 valence electrons. The van der Waals surface area contributed by atoms with Gasteiger partial charge in [-0.1, -0.05) is 0 Å². The summed E-state index contributed by atoms with van der Waals surface area (Å²) in [5.41, 5.74) is 0.827. The number of rotatable bonds is 5. The van der Waals surface area contributed by atoms with Gasteiger partial charge in [-0.2, -0.15) is 11.3 Å². The number of nitrogens with one attached hydrogen (secondary N) is 1. The summed E-state index contributed by atoms with van der Waals surface area (Å²) in [5, 5.41) is 27.2. The maximum atomic E-state index is 10.4. The first-order valence-electron chi connectivity index (χ1n) is 4.71. The van der Waals surface area contributed by atoms with E-state index in [4.69, 9.17) is 0 Å².